The molecule has 0 aromatic heterocycles. The molecule has 4 nitrogen and oxygen atoms in total. The van der Waals surface area contributed by atoms with Crippen LogP contribution in [0.5, 0.6) is 5.75 Å². The molecule has 0 atom stereocenters. The quantitative estimate of drug-likeness (QED) is 0.291. The molecular weight excluding hydrogens is 234 g/mol. The molecule has 0 heterocycles. The van der Waals surface area contributed by atoms with Crippen molar-refractivity contribution in [2.45, 2.75) is 19.8 Å². The molecule has 5 heteroatoms. The minimum Gasteiger partial charge on any atom is -0.494 e. The van der Waals surface area contributed by atoms with Crippen LogP contribution in [0, 0.1) is 0 Å². The zero-order chi connectivity index (χ0) is 12.5. The largest absolute Gasteiger partial charge is 0.494 e. The van der Waals surface area contributed by atoms with Gasteiger partial charge in [-0.05, 0) is 42.9 Å². The van der Waals surface area contributed by atoms with Crippen LogP contribution in [0.15, 0.2) is 24.3 Å². The number of ether oxygens (including phenoxy) is 1. The summed E-state index contributed by atoms with van der Waals surface area (Å²) in [6.07, 6.45) is 3.99. The third kappa shape index (κ3) is 5.87. The van der Waals surface area contributed by atoms with Crippen LogP contribution in [0.3, 0.4) is 0 Å². The SMILES string of the molecule is CCCCOc1ccc(C=[NH+]NC(N)=S)cc1. The van der Waals surface area contributed by atoms with Gasteiger partial charge < -0.3 is 10.5 Å². The van der Waals surface area contributed by atoms with E-state index in [1.165, 1.54) is 0 Å². The predicted molar refractivity (Wildman–Crippen MR) is 72.9 cm³/mol. The molecule has 1 aromatic carbocycles. The molecule has 1 aromatic rings. The second-order valence-corrected chi connectivity index (χ2v) is 3.99. The fourth-order valence-electron chi connectivity index (χ4n) is 1.19. The lowest BCUT2D eigenvalue weighted by Crippen LogP contribution is -2.82. The summed E-state index contributed by atoms with van der Waals surface area (Å²) in [6, 6.07) is 7.78. The molecule has 92 valence electrons. The van der Waals surface area contributed by atoms with Gasteiger partial charge in [0.25, 0.3) is 0 Å². The van der Waals surface area contributed by atoms with Crippen molar-refractivity contribution < 1.29 is 9.84 Å². The van der Waals surface area contributed by atoms with Crippen LogP contribution in [-0.2, 0) is 0 Å². The Morgan fingerprint density at radius 1 is 1.47 bits per heavy atom. The van der Waals surface area contributed by atoms with E-state index in [0.717, 1.165) is 30.8 Å². The molecule has 0 unspecified atom stereocenters. The topological polar surface area (TPSA) is 61.2 Å². The number of rotatable bonds is 6. The van der Waals surface area contributed by atoms with Gasteiger partial charge in [-0.3, -0.25) is 0 Å². The minimum absolute atomic E-state index is 0.209. The van der Waals surface area contributed by atoms with Gasteiger partial charge in [0.15, 0.2) is 6.21 Å². The summed E-state index contributed by atoms with van der Waals surface area (Å²) in [7, 11) is 0. The third-order valence-corrected chi connectivity index (χ3v) is 2.18. The first-order chi connectivity index (χ1) is 8.22. The monoisotopic (exact) mass is 252 g/mol. The smallest absolute Gasteiger partial charge is 0.221 e. The van der Waals surface area contributed by atoms with Gasteiger partial charge in [0.1, 0.15) is 5.75 Å². The molecule has 0 saturated carbocycles. The van der Waals surface area contributed by atoms with E-state index in [1.54, 1.807) is 6.21 Å². The number of hydrazine groups is 1. The Kier molecular flexibility index (Phi) is 6.03. The molecule has 17 heavy (non-hydrogen) atoms. The lowest BCUT2D eigenvalue weighted by atomic mass is 10.2. The molecule has 0 saturated heterocycles. The average Bonchev–Trinajstić information content (AvgIpc) is 2.31. The Bertz CT molecular complexity index is 376. The molecule has 0 bridgehead atoms. The van der Waals surface area contributed by atoms with E-state index in [0.29, 0.717) is 0 Å². The summed E-state index contributed by atoms with van der Waals surface area (Å²) in [6.45, 7) is 2.91. The summed E-state index contributed by atoms with van der Waals surface area (Å²) >= 11 is 4.66. The lowest BCUT2D eigenvalue weighted by molar-refractivity contribution is -0.499. The predicted octanol–water partition coefficient (Wildman–Crippen LogP) is 0.113. The van der Waals surface area contributed by atoms with Crippen molar-refractivity contribution in [2.24, 2.45) is 5.73 Å². The van der Waals surface area contributed by atoms with Crippen molar-refractivity contribution in [3.8, 4) is 5.75 Å². The van der Waals surface area contributed by atoms with Crippen LogP contribution < -0.4 is 21.0 Å². The number of nitrogens with one attached hydrogen (secondary N) is 2. The molecule has 0 aliphatic rings. The van der Waals surface area contributed by atoms with Crippen molar-refractivity contribution >= 4 is 23.5 Å². The zero-order valence-corrected chi connectivity index (χ0v) is 10.7. The van der Waals surface area contributed by atoms with Crippen molar-refractivity contribution in [3.05, 3.63) is 29.8 Å². The Morgan fingerprint density at radius 2 is 2.18 bits per heavy atom. The second-order valence-electron chi connectivity index (χ2n) is 3.55. The highest BCUT2D eigenvalue weighted by molar-refractivity contribution is 7.80. The highest BCUT2D eigenvalue weighted by Gasteiger charge is 1.95. The van der Waals surface area contributed by atoms with Crippen LogP contribution in [0.1, 0.15) is 25.3 Å². The molecule has 1 rings (SSSR count). The van der Waals surface area contributed by atoms with Crippen LogP contribution in [0.25, 0.3) is 0 Å². The Balaban J connectivity index is 2.44. The second kappa shape index (κ2) is 7.62. The van der Waals surface area contributed by atoms with Gasteiger partial charge in [0, 0.05) is 5.56 Å². The van der Waals surface area contributed by atoms with E-state index < -0.39 is 0 Å². The molecule has 0 amide bonds. The summed E-state index contributed by atoms with van der Waals surface area (Å²) in [5.41, 5.74) is 8.90. The molecule has 0 aliphatic carbocycles. The van der Waals surface area contributed by atoms with Gasteiger partial charge in [-0.25, -0.2) is 0 Å². The van der Waals surface area contributed by atoms with Gasteiger partial charge in [0.2, 0.25) is 5.11 Å². The molecule has 0 radical (unpaired) electrons. The lowest BCUT2D eigenvalue weighted by Gasteiger charge is -2.04. The van der Waals surface area contributed by atoms with E-state index >= 15 is 0 Å². The van der Waals surface area contributed by atoms with Gasteiger partial charge >= 0.3 is 0 Å². The third-order valence-electron chi connectivity index (χ3n) is 2.08. The molecular formula is C12H18N3OS+. The number of unbranched alkanes of at least 4 members (excludes halogenated alkanes) is 1. The highest BCUT2D eigenvalue weighted by Crippen LogP contribution is 2.11. The van der Waals surface area contributed by atoms with E-state index in [2.05, 4.69) is 29.7 Å². The van der Waals surface area contributed by atoms with E-state index in [4.69, 9.17) is 10.5 Å². The maximum absolute atomic E-state index is 5.55. The maximum atomic E-state index is 5.55. The molecule has 0 fully saturated rings. The number of benzene rings is 1. The number of hydrazone groups is 1. The molecule has 4 N–H and O–H groups in total. The van der Waals surface area contributed by atoms with Crippen molar-refractivity contribution in [1.82, 2.24) is 5.43 Å². The van der Waals surface area contributed by atoms with Crippen LogP contribution in [0.4, 0.5) is 0 Å². The zero-order valence-electron chi connectivity index (χ0n) is 9.90. The fraction of sp³-hybridized carbons (Fsp3) is 0.333. The Labute approximate surface area is 107 Å². The average molecular weight is 252 g/mol. The van der Waals surface area contributed by atoms with E-state index in [-0.39, 0.29) is 5.11 Å². The number of hydrogen-bond acceptors (Lipinski definition) is 2. The van der Waals surface area contributed by atoms with Crippen LogP contribution >= 0.6 is 12.2 Å². The van der Waals surface area contributed by atoms with Crippen LogP contribution in [-0.4, -0.2) is 17.9 Å². The summed E-state index contributed by atoms with van der Waals surface area (Å²) in [5.74, 6) is 0.887. The summed E-state index contributed by atoms with van der Waals surface area (Å²) in [5, 5.41) is 3.00. The summed E-state index contributed by atoms with van der Waals surface area (Å²) in [4.78, 5) is 0. The number of nitrogens with two attached hydrogens (primary N) is 1. The Morgan fingerprint density at radius 3 is 2.76 bits per heavy atom. The number of hydrogen-bond donors (Lipinski definition) is 3. The number of thiocarbonyl (C=S) groups is 1. The molecule has 0 aliphatic heterocycles. The highest BCUT2D eigenvalue weighted by atomic mass is 32.1. The fourth-order valence-corrected chi connectivity index (χ4v) is 1.24. The maximum Gasteiger partial charge on any atom is 0.221 e. The minimum atomic E-state index is 0.209. The summed E-state index contributed by atoms with van der Waals surface area (Å²) < 4.78 is 5.55. The Hall–Kier alpha value is -1.62. The van der Waals surface area contributed by atoms with Gasteiger partial charge in [-0.2, -0.15) is 0 Å². The standard InChI is InChI=1S/C12H17N3OS/c1-2-3-8-16-11-6-4-10(5-7-11)9-14-15-12(13)17/h4-7,9H,2-3,8H2,1H3,(H3,13,15,17)/p+1. The van der Waals surface area contributed by atoms with Crippen molar-refractivity contribution in [3.63, 3.8) is 0 Å². The van der Waals surface area contributed by atoms with E-state index in [9.17, 15) is 0 Å². The van der Waals surface area contributed by atoms with Crippen molar-refractivity contribution in [1.29, 1.82) is 0 Å². The first-order valence-electron chi connectivity index (χ1n) is 5.59. The normalized spacial score (nSPS) is 10.4. The first-order valence-corrected chi connectivity index (χ1v) is 6.00. The van der Waals surface area contributed by atoms with Gasteiger partial charge in [-0.15, -0.1) is 10.5 Å². The first kappa shape index (κ1) is 13.4. The van der Waals surface area contributed by atoms with E-state index in [1.807, 2.05) is 24.3 Å². The van der Waals surface area contributed by atoms with Crippen molar-refractivity contribution in [2.75, 3.05) is 6.61 Å². The van der Waals surface area contributed by atoms with Gasteiger partial charge in [0.05, 0.1) is 6.61 Å². The molecule has 0 spiro atoms. The van der Waals surface area contributed by atoms with Gasteiger partial charge in [-0.1, -0.05) is 13.3 Å². The van der Waals surface area contributed by atoms with Crippen LogP contribution in [0.2, 0.25) is 0 Å².